The number of hydrogen-bond acceptors (Lipinski definition) is 5. The highest BCUT2D eigenvalue weighted by Crippen LogP contribution is 2.20. The monoisotopic (exact) mass is 279 g/mol. The van der Waals surface area contributed by atoms with Crippen LogP contribution in [0.3, 0.4) is 0 Å². The van der Waals surface area contributed by atoms with Crippen LogP contribution in [0.25, 0.3) is 11.4 Å². The first-order valence-corrected chi connectivity index (χ1v) is 5.78. The Hall–Kier alpha value is -2.57. The number of carbonyl (C=O) groups excluding carboxylic acids is 1. The van der Waals surface area contributed by atoms with Crippen molar-refractivity contribution in [2.45, 2.75) is 6.92 Å². The van der Waals surface area contributed by atoms with Gasteiger partial charge >= 0.3 is 5.97 Å². The van der Waals surface area contributed by atoms with Crippen LogP contribution in [0, 0.1) is 11.6 Å². The Morgan fingerprint density at radius 2 is 2.10 bits per heavy atom. The minimum Gasteiger partial charge on any atom is -0.462 e. The van der Waals surface area contributed by atoms with E-state index in [2.05, 4.69) is 9.97 Å². The van der Waals surface area contributed by atoms with Crippen molar-refractivity contribution < 1.29 is 18.3 Å². The Bertz CT molecular complexity index is 662. The molecule has 2 rings (SSSR count). The Morgan fingerprint density at radius 1 is 1.35 bits per heavy atom. The van der Waals surface area contributed by atoms with E-state index in [1.807, 2.05) is 0 Å². The van der Waals surface area contributed by atoms with Crippen molar-refractivity contribution in [1.82, 2.24) is 9.97 Å². The number of benzene rings is 1. The molecule has 0 bridgehead atoms. The number of nitrogen functional groups attached to an aromatic ring is 1. The van der Waals surface area contributed by atoms with Gasteiger partial charge in [-0.3, -0.25) is 0 Å². The molecule has 0 saturated heterocycles. The number of carbonyl (C=O) groups is 1. The quantitative estimate of drug-likeness (QED) is 0.871. The second-order valence-corrected chi connectivity index (χ2v) is 3.84. The number of hydrogen-bond donors (Lipinski definition) is 1. The van der Waals surface area contributed by atoms with Crippen LogP contribution in [0.5, 0.6) is 0 Å². The third kappa shape index (κ3) is 2.71. The van der Waals surface area contributed by atoms with Gasteiger partial charge in [0, 0.05) is 11.8 Å². The number of anilines is 1. The number of esters is 1. The van der Waals surface area contributed by atoms with E-state index in [4.69, 9.17) is 10.5 Å². The van der Waals surface area contributed by atoms with E-state index in [1.165, 1.54) is 12.3 Å². The number of aromatic nitrogens is 2. The zero-order valence-electron chi connectivity index (χ0n) is 10.6. The summed E-state index contributed by atoms with van der Waals surface area (Å²) in [6, 6.07) is 3.23. The van der Waals surface area contributed by atoms with Crippen molar-refractivity contribution in [2.75, 3.05) is 12.3 Å². The maximum Gasteiger partial charge on any atom is 0.343 e. The first-order valence-electron chi connectivity index (χ1n) is 5.78. The molecule has 0 atom stereocenters. The van der Waals surface area contributed by atoms with Crippen molar-refractivity contribution in [3.8, 4) is 11.4 Å². The second-order valence-electron chi connectivity index (χ2n) is 3.84. The Labute approximate surface area is 113 Å². The van der Waals surface area contributed by atoms with Gasteiger partial charge in [0.25, 0.3) is 0 Å². The predicted octanol–water partition coefficient (Wildman–Crippen LogP) is 2.18. The molecule has 0 saturated carbocycles. The molecular formula is C13H11F2N3O2. The van der Waals surface area contributed by atoms with Gasteiger partial charge in [-0.05, 0) is 25.1 Å². The third-order valence-corrected chi connectivity index (χ3v) is 2.49. The van der Waals surface area contributed by atoms with Crippen molar-refractivity contribution in [3.63, 3.8) is 0 Å². The Morgan fingerprint density at radius 3 is 2.70 bits per heavy atom. The summed E-state index contributed by atoms with van der Waals surface area (Å²) in [5, 5.41) is 0. The molecule has 0 unspecified atom stereocenters. The molecular weight excluding hydrogens is 268 g/mol. The maximum atomic E-state index is 13.1. The number of nitrogens with two attached hydrogens (primary N) is 1. The lowest BCUT2D eigenvalue weighted by Gasteiger charge is -2.06. The van der Waals surface area contributed by atoms with Crippen molar-refractivity contribution in [3.05, 3.63) is 41.6 Å². The van der Waals surface area contributed by atoms with E-state index < -0.39 is 17.6 Å². The summed E-state index contributed by atoms with van der Waals surface area (Å²) in [6.07, 6.45) is 1.19. The Kier molecular flexibility index (Phi) is 3.88. The molecule has 5 nitrogen and oxygen atoms in total. The number of halogens is 2. The normalized spacial score (nSPS) is 10.3. The van der Waals surface area contributed by atoms with Crippen LogP contribution >= 0.6 is 0 Å². The van der Waals surface area contributed by atoms with Crippen molar-refractivity contribution in [1.29, 1.82) is 0 Å². The van der Waals surface area contributed by atoms with Gasteiger partial charge in [0.2, 0.25) is 0 Å². The van der Waals surface area contributed by atoms with Crippen molar-refractivity contribution >= 4 is 11.8 Å². The summed E-state index contributed by atoms with van der Waals surface area (Å²) in [7, 11) is 0. The molecule has 2 aromatic rings. The molecule has 1 aromatic carbocycles. The number of nitrogens with zero attached hydrogens (tertiary/aromatic N) is 2. The molecule has 1 aromatic heterocycles. The topological polar surface area (TPSA) is 78.1 Å². The largest absolute Gasteiger partial charge is 0.462 e. The number of ether oxygens (including phenoxy) is 1. The highest BCUT2D eigenvalue weighted by molar-refractivity contribution is 5.94. The maximum absolute atomic E-state index is 13.1. The fraction of sp³-hybridized carbons (Fsp3) is 0.154. The van der Waals surface area contributed by atoms with E-state index in [1.54, 1.807) is 6.92 Å². The van der Waals surface area contributed by atoms with E-state index in [0.717, 1.165) is 12.1 Å². The fourth-order valence-corrected chi connectivity index (χ4v) is 1.54. The van der Waals surface area contributed by atoms with Gasteiger partial charge < -0.3 is 10.5 Å². The van der Waals surface area contributed by atoms with Crippen LogP contribution in [-0.4, -0.2) is 22.5 Å². The zero-order chi connectivity index (χ0) is 14.7. The lowest BCUT2D eigenvalue weighted by Crippen LogP contribution is -2.10. The van der Waals surface area contributed by atoms with Gasteiger partial charge in [-0.2, -0.15) is 0 Å². The minimum absolute atomic E-state index is 0.0261. The van der Waals surface area contributed by atoms with Crippen LogP contribution in [0.15, 0.2) is 24.4 Å². The highest BCUT2D eigenvalue weighted by atomic mass is 19.2. The summed E-state index contributed by atoms with van der Waals surface area (Å²) >= 11 is 0. The lowest BCUT2D eigenvalue weighted by molar-refractivity contribution is 0.0527. The van der Waals surface area contributed by atoms with Crippen LogP contribution < -0.4 is 5.73 Å². The molecule has 0 amide bonds. The highest BCUT2D eigenvalue weighted by Gasteiger charge is 2.15. The lowest BCUT2D eigenvalue weighted by atomic mass is 10.2. The molecule has 1 heterocycles. The summed E-state index contributed by atoms with van der Waals surface area (Å²) in [5.41, 5.74) is 5.92. The average molecular weight is 279 g/mol. The molecule has 0 fully saturated rings. The molecule has 0 spiro atoms. The Balaban J connectivity index is 2.37. The van der Waals surface area contributed by atoms with Crippen LogP contribution in [0.1, 0.15) is 17.3 Å². The van der Waals surface area contributed by atoms with Gasteiger partial charge in [0.05, 0.1) is 6.61 Å². The first-order chi connectivity index (χ1) is 9.52. The van der Waals surface area contributed by atoms with E-state index in [-0.39, 0.29) is 29.4 Å². The predicted molar refractivity (Wildman–Crippen MR) is 67.8 cm³/mol. The molecule has 2 N–H and O–H groups in total. The summed E-state index contributed by atoms with van der Waals surface area (Å²) < 4.78 is 30.8. The van der Waals surface area contributed by atoms with E-state index >= 15 is 0 Å². The van der Waals surface area contributed by atoms with Crippen LogP contribution in [0.2, 0.25) is 0 Å². The molecule has 104 valence electrons. The first kappa shape index (κ1) is 13.9. The minimum atomic E-state index is -1.01. The van der Waals surface area contributed by atoms with Gasteiger partial charge in [0.15, 0.2) is 17.5 Å². The second kappa shape index (κ2) is 5.60. The van der Waals surface area contributed by atoms with E-state index in [0.29, 0.717) is 0 Å². The molecule has 20 heavy (non-hydrogen) atoms. The van der Waals surface area contributed by atoms with Crippen LogP contribution in [0.4, 0.5) is 14.6 Å². The standard InChI is InChI=1S/C13H11F2N3O2/c1-2-20-13(19)8-6-17-12(18-11(8)16)7-3-4-9(14)10(15)5-7/h3-6H,2H2,1H3,(H2,16,17,18). The number of rotatable bonds is 3. The molecule has 0 radical (unpaired) electrons. The molecule has 7 heteroatoms. The SMILES string of the molecule is CCOC(=O)c1cnc(-c2ccc(F)c(F)c2)nc1N. The summed E-state index contributed by atoms with van der Waals surface area (Å²) in [4.78, 5) is 19.3. The van der Waals surface area contributed by atoms with Gasteiger partial charge in [-0.1, -0.05) is 0 Å². The smallest absolute Gasteiger partial charge is 0.343 e. The van der Waals surface area contributed by atoms with Gasteiger partial charge in [0.1, 0.15) is 11.4 Å². The van der Waals surface area contributed by atoms with Crippen molar-refractivity contribution in [2.24, 2.45) is 0 Å². The molecule has 0 aliphatic carbocycles. The molecule has 0 aliphatic rings. The van der Waals surface area contributed by atoms with Gasteiger partial charge in [-0.25, -0.2) is 23.5 Å². The summed E-state index contributed by atoms with van der Waals surface area (Å²) in [5.74, 6) is -2.61. The average Bonchev–Trinajstić information content (AvgIpc) is 2.42. The van der Waals surface area contributed by atoms with Crippen LogP contribution in [-0.2, 0) is 4.74 Å². The van der Waals surface area contributed by atoms with E-state index in [9.17, 15) is 13.6 Å². The fourth-order valence-electron chi connectivity index (χ4n) is 1.54. The zero-order valence-corrected chi connectivity index (χ0v) is 10.6. The van der Waals surface area contributed by atoms with Gasteiger partial charge in [-0.15, -0.1) is 0 Å². The third-order valence-electron chi connectivity index (χ3n) is 2.49. The summed E-state index contributed by atoms with van der Waals surface area (Å²) in [6.45, 7) is 1.85. The molecule has 0 aliphatic heterocycles.